The van der Waals surface area contributed by atoms with E-state index in [0.717, 1.165) is 51.5 Å². The van der Waals surface area contributed by atoms with E-state index in [-0.39, 0.29) is 0 Å². The zero-order valence-corrected chi connectivity index (χ0v) is 11.0. The van der Waals surface area contributed by atoms with Crippen LogP contribution in [0.4, 0.5) is 5.69 Å². The maximum absolute atomic E-state index is 9.13. The quantitative estimate of drug-likeness (QED) is 0.787. The van der Waals surface area contributed by atoms with Crippen LogP contribution in [-0.2, 0) is 4.74 Å². The van der Waals surface area contributed by atoms with Crippen LogP contribution in [0, 0.1) is 11.3 Å². The Kier molecular flexibility index (Phi) is 3.62. The highest BCUT2D eigenvalue weighted by atomic mass is 16.5. The van der Waals surface area contributed by atoms with Gasteiger partial charge in [0.1, 0.15) is 6.07 Å². The van der Waals surface area contributed by atoms with E-state index in [2.05, 4.69) is 20.9 Å². The van der Waals surface area contributed by atoms with Crippen molar-refractivity contribution < 1.29 is 4.74 Å². The molecule has 0 spiro atoms. The molecule has 0 aromatic carbocycles. The molecule has 0 radical (unpaired) electrons. The smallest absolute Gasteiger partial charge is 0.163 e. The lowest BCUT2D eigenvalue weighted by molar-refractivity contribution is 0.0209. The number of rotatable bonds is 2. The largest absolute Gasteiger partial charge is 0.379 e. The van der Waals surface area contributed by atoms with Crippen LogP contribution in [0.25, 0.3) is 0 Å². The predicted molar refractivity (Wildman–Crippen MR) is 72.0 cm³/mol. The van der Waals surface area contributed by atoms with E-state index in [1.807, 2.05) is 12.1 Å². The third kappa shape index (κ3) is 2.55. The molecule has 0 saturated carbocycles. The molecule has 100 valence electrons. The lowest BCUT2D eigenvalue weighted by Crippen LogP contribution is -2.44. The zero-order valence-electron chi connectivity index (χ0n) is 11.0. The molecule has 2 saturated heterocycles. The standard InChI is InChI=1S/C14H18N4O/c15-10-13-14(2-1-4-16-13)18-5-3-12(11-18)17-6-8-19-9-7-17/h1-2,4,12H,3,5-9,11H2. The SMILES string of the molecule is N#Cc1ncccc1N1CCC(N2CCOCC2)C1. The Morgan fingerprint density at radius 2 is 2.16 bits per heavy atom. The van der Waals surface area contributed by atoms with Crippen LogP contribution in [-0.4, -0.2) is 55.3 Å². The third-order valence-electron chi connectivity index (χ3n) is 3.96. The molecule has 0 aliphatic carbocycles. The van der Waals surface area contributed by atoms with Crippen molar-refractivity contribution in [3.05, 3.63) is 24.0 Å². The number of hydrogen-bond donors (Lipinski definition) is 0. The number of nitriles is 1. The summed E-state index contributed by atoms with van der Waals surface area (Å²) in [6, 6.07) is 6.65. The summed E-state index contributed by atoms with van der Waals surface area (Å²) in [5.41, 5.74) is 1.51. The molecule has 19 heavy (non-hydrogen) atoms. The van der Waals surface area contributed by atoms with Crippen LogP contribution in [0.1, 0.15) is 12.1 Å². The van der Waals surface area contributed by atoms with Crippen LogP contribution >= 0.6 is 0 Å². The van der Waals surface area contributed by atoms with Gasteiger partial charge in [-0.25, -0.2) is 4.98 Å². The van der Waals surface area contributed by atoms with Crippen LogP contribution in [0.3, 0.4) is 0 Å². The minimum absolute atomic E-state index is 0.533. The number of pyridine rings is 1. The highest BCUT2D eigenvalue weighted by Crippen LogP contribution is 2.25. The fraction of sp³-hybridized carbons (Fsp3) is 0.571. The maximum Gasteiger partial charge on any atom is 0.163 e. The molecule has 0 bridgehead atoms. The molecule has 2 aliphatic rings. The molecule has 1 atom stereocenters. The second-order valence-corrected chi connectivity index (χ2v) is 5.02. The Morgan fingerprint density at radius 3 is 2.95 bits per heavy atom. The summed E-state index contributed by atoms with van der Waals surface area (Å²) in [5.74, 6) is 0. The van der Waals surface area contributed by atoms with Gasteiger partial charge in [-0.05, 0) is 18.6 Å². The van der Waals surface area contributed by atoms with Crippen molar-refractivity contribution in [1.29, 1.82) is 5.26 Å². The fourth-order valence-corrected chi connectivity index (χ4v) is 2.94. The van der Waals surface area contributed by atoms with E-state index < -0.39 is 0 Å². The molecule has 1 aromatic heterocycles. The van der Waals surface area contributed by atoms with Crippen LogP contribution in [0.15, 0.2) is 18.3 Å². The molecule has 2 aliphatic heterocycles. The van der Waals surface area contributed by atoms with Gasteiger partial charge in [-0.1, -0.05) is 0 Å². The number of nitrogens with zero attached hydrogens (tertiary/aromatic N) is 4. The van der Waals surface area contributed by atoms with Gasteiger partial charge in [0, 0.05) is 38.4 Å². The van der Waals surface area contributed by atoms with Crippen molar-refractivity contribution in [2.45, 2.75) is 12.5 Å². The molecule has 1 unspecified atom stereocenters. The lowest BCUT2D eigenvalue weighted by Gasteiger charge is -2.32. The van der Waals surface area contributed by atoms with Gasteiger partial charge in [0.25, 0.3) is 0 Å². The second-order valence-electron chi connectivity index (χ2n) is 5.02. The van der Waals surface area contributed by atoms with Gasteiger partial charge in [0.2, 0.25) is 0 Å². The minimum atomic E-state index is 0.533. The summed E-state index contributed by atoms with van der Waals surface area (Å²) >= 11 is 0. The van der Waals surface area contributed by atoms with Gasteiger partial charge in [0.05, 0.1) is 18.9 Å². The van der Waals surface area contributed by atoms with Gasteiger partial charge in [-0.3, -0.25) is 4.90 Å². The molecule has 3 rings (SSSR count). The van der Waals surface area contributed by atoms with E-state index >= 15 is 0 Å². The zero-order chi connectivity index (χ0) is 13.1. The van der Waals surface area contributed by atoms with Crippen LogP contribution in [0.5, 0.6) is 0 Å². The highest BCUT2D eigenvalue weighted by molar-refractivity contribution is 5.56. The first-order chi connectivity index (χ1) is 9.38. The molecule has 0 amide bonds. The summed E-state index contributed by atoms with van der Waals surface area (Å²) in [6.07, 6.45) is 2.83. The van der Waals surface area contributed by atoms with Gasteiger partial charge in [0.15, 0.2) is 5.69 Å². The summed E-state index contributed by atoms with van der Waals surface area (Å²) in [6.45, 7) is 5.72. The summed E-state index contributed by atoms with van der Waals surface area (Å²) in [4.78, 5) is 8.93. The molecule has 1 aromatic rings. The van der Waals surface area contributed by atoms with E-state index in [0.29, 0.717) is 11.7 Å². The summed E-state index contributed by atoms with van der Waals surface area (Å²) < 4.78 is 5.40. The van der Waals surface area contributed by atoms with Gasteiger partial charge in [-0.2, -0.15) is 5.26 Å². The van der Waals surface area contributed by atoms with E-state index in [1.165, 1.54) is 0 Å². The molecular weight excluding hydrogens is 240 g/mol. The van der Waals surface area contributed by atoms with E-state index in [1.54, 1.807) is 6.20 Å². The first-order valence-electron chi connectivity index (χ1n) is 6.80. The van der Waals surface area contributed by atoms with Crippen molar-refractivity contribution in [2.24, 2.45) is 0 Å². The summed E-state index contributed by atoms with van der Waals surface area (Å²) in [5, 5.41) is 9.13. The van der Waals surface area contributed by atoms with Crippen molar-refractivity contribution >= 4 is 5.69 Å². The van der Waals surface area contributed by atoms with E-state index in [4.69, 9.17) is 10.00 Å². The topological polar surface area (TPSA) is 52.4 Å². The second kappa shape index (κ2) is 5.55. The van der Waals surface area contributed by atoms with Gasteiger partial charge < -0.3 is 9.64 Å². The first kappa shape index (κ1) is 12.4. The van der Waals surface area contributed by atoms with Crippen LogP contribution in [0.2, 0.25) is 0 Å². The average Bonchev–Trinajstić information content (AvgIpc) is 2.98. The predicted octanol–water partition coefficient (Wildman–Crippen LogP) is 0.864. The highest BCUT2D eigenvalue weighted by Gasteiger charge is 2.29. The van der Waals surface area contributed by atoms with Gasteiger partial charge in [-0.15, -0.1) is 0 Å². The Labute approximate surface area is 113 Å². The Morgan fingerprint density at radius 1 is 1.32 bits per heavy atom. The Hall–Kier alpha value is -1.64. The Balaban J connectivity index is 1.70. The molecule has 5 heteroatoms. The summed E-state index contributed by atoms with van der Waals surface area (Å²) in [7, 11) is 0. The monoisotopic (exact) mass is 258 g/mol. The van der Waals surface area contributed by atoms with E-state index in [9.17, 15) is 0 Å². The molecule has 2 fully saturated rings. The van der Waals surface area contributed by atoms with Crippen molar-refractivity contribution in [3.8, 4) is 6.07 Å². The van der Waals surface area contributed by atoms with Gasteiger partial charge >= 0.3 is 0 Å². The third-order valence-corrected chi connectivity index (χ3v) is 3.96. The maximum atomic E-state index is 9.13. The molecule has 0 N–H and O–H groups in total. The number of morpholine rings is 1. The molecule has 3 heterocycles. The number of aromatic nitrogens is 1. The molecule has 5 nitrogen and oxygen atoms in total. The molecular formula is C14H18N4O. The normalized spacial score (nSPS) is 24.4. The van der Waals surface area contributed by atoms with Crippen molar-refractivity contribution in [3.63, 3.8) is 0 Å². The van der Waals surface area contributed by atoms with Crippen molar-refractivity contribution in [2.75, 3.05) is 44.3 Å². The van der Waals surface area contributed by atoms with Crippen molar-refractivity contribution in [1.82, 2.24) is 9.88 Å². The lowest BCUT2D eigenvalue weighted by atomic mass is 10.2. The number of hydrogen-bond acceptors (Lipinski definition) is 5. The fourth-order valence-electron chi connectivity index (χ4n) is 2.94. The van der Waals surface area contributed by atoms with Crippen LogP contribution < -0.4 is 4.90 Å². The minimum Gasteiger partial charge on any atom is -0.379 e. The average molecular weight is 258 g/mol. The first-order valence-corrected chi connectivity index (χ1v) is 6.80. The Bertz CT molecular complexity index is 479. The number of anilines is 1. The number of ether oxygens (including phenoxy) is 1.